The summed E-state index contributed by atoms with van der Waals surface area (Å²) in [7, 11) is 2.91. The number of rotatable bonds is 8. The first-order chi connectivity index (χ1) is 27.6. The summed E-state index contributed by atoms with van der Waals surface area (Å²) in [6, 6.07) is 8.60. The number of pyridine rings is 2. The maximum atomic E-state index is 16.1. The zero-order valence-corrected chi connectivity index (χ0v) is 31.6. The fraction of sp³-hybridized carbons (Fsp3) is 0.462. The highest BCUT2D eigenvalue weighted by atomic mass is 19.4. The molecular formula is C39H40F5N9O5. The normalized spacial score (nSPS) is 22.9. The van der Waals surface area contributed by atoms with Gasteiger partial charge in [-0.05, 0) is 80.8 Å². The number of likely N-dealkylation sites (tertiary alicyclic amines) is 1. The Kier molecular flexibility index (Phi) is 10.0. The average Bonchev–Trinajstić information content (AvgIpc) is 3.72. The minimum absolute atomic E-state index is 0.00694. The van der Waals surface area contributed by atoms with Gasteiger partial charge in [0.15, 0.2) is 5.52 Å². The van der Waals surface area contributed by atoms with Crippen molar-refractivity contribution in [3.8, 4) is 5.88 Å². The fourth-order valence-electron chi connectivity index (χ4n) is 8.80. The van der Waals surface area contributed by atoms with E-state index in [1.165, 1.54) is 29.4 Å². The van der Waals surface area contributed by atoms with Crippen LogP contribution >= 0.6 is 0 Å². The first kappa shape index (κ1) is 39.1. The molecule has 2 aliphatic heterocycles. The highest BCUT2D eigenvalue weighted by Crippen LogP contribution is 2.44. The SMILES string of the molecule is COc1nc(NC(=O)c2cccc(C(F)(F)F)n2)cc2cn([C@H]3CC[C@H](CN4CCC(c5cccc6c5n(C)c(=O)n6C5CCC(=O)NC5=O)C(F)(F)C4)CC3)nc12. The fourth-order valence-corrected chi connectivity index (χ4v) is 8.80. The van der Waals surface area contributed by atoms with E-state index < -0.39 is 65.4 Å². The Labute approximate surface area is 327 Å². The number of para-hydroxylation sites is 1. The van der Waals surface area contributed by atoms with Gasteiger partial charge in [0, 0.05) is 31.6 Å². The van der Waals surface area contributed by atoms with Gasteiger partial charge in [-0.25, -0.2) is 18.6 Å². The van der Waals surface area contributed by atoms with Crippen molar-refractivity contribution in [3.05, 3.63) is 76.1 Å². The molecule has 2 saturated heterocycles. The number of nitrogens with one attached hydrogen (secondary N) is 2. The van der Waals surface area contributed by atoms with Crippen LogP contribution in [0.25, 0.3) is 21.9 Å². The van der Waals surface area contributed by atoms with Gasteiger partial charge < -0.3 is 10.1 Å². The third-order valence-corrected chi connectivity index (χ3v) is 11.6. The number of methoxy groups -OCH3 is 1. The number of aryl methyl sites for hydroxylation is 1. The molecular weight excluding hydrogens is 769 g/mol. The number of carbonyl (C=O) groups is 3. The molecule has 19 heteroatoms. The number of hydrogen-bond donors (Lipinski definition) is 2. The maximum Gasteiger partial charge on any atom is 0.433 e. The number of alkyl halides is 5. The predicted molar refractivity (Wildman–Crippen MR) is 200 cm³/mol. The summed E-state index contributed by atoms with van der Waals surface area (Å²) in [5.74, 6) is -5.77. The number of imide groups is 1. The molecule has 5 aromatic rings. The first-order valence-corrected chi connectivity index (χ1v) is 19.0. The second kappa shape index (κ2) is 14.9. The number of benzene rings is 1. The van der Waals surface area contributed by atoms with Crippen molar-refractivity contribution in [1.82, 2.24) is 39.1 Å². The zero-order chi connectivity index (χ0) is 41.1. The van der Waals surface area contributed by atoms with Gasteiger partial charge in [-0.3, -0.25) is 38.4 Å². The van der Waals surface area contributed by atoms with Crippen LogP contribution in [0.3, 0.4) is 0 Å². The van der Waals surface area contributed by atoms with Crippen molar-refractivity contribution in [2.75, 3.05) is 32.1 Å². The van der Waals surface area contributed by atoms with Gasteiger partial charge >= 0.3 is 11.9 Å². The molecule has 0 radical (unpaired) electrons. The smallest absolute Gasteiger partial charge is 0.433 e. The van der Waals surface area contributed by atoms with Crippen molar-refractivity contribution in [3.63, 3.8) is 0 Å². The molecule has 2 unspecified atom stereocenters. The maximum absolute atomic E-state index is 16.1. The molecule has 3 fully saturated rings. The molecule has 4 aromatic heterocycles. The zero-order valence-electron chi connectivity index (χ0n) is 31.6. The lowest BCUT2D eigenvalue weighted by atomic mass is 9.83. The van der Waals surface area contributed by atoms with Gasteiger partial charge in [0.2, 0.25) is 17.7 Å². The Hall–Kier alpha value is -5.72. The quantitative estimate of drug-likeness (QED) is 0.151. The van der Waals surface area contributed by atoms with Crippen LogP contribution in [0, 0.1) is 5.92 Å². The van der Waals surface area contributed by atoms with E-state index >= 15 is 8.78 Å². The van der Waals surface area contributed by atoms with E-state index in [0.717, 1.165) is 37.8 Å². The van der Waals surface area contributed by atoms with E-state index in [4.69, 9.17) is 9.84 Å². The summed E-state index contributed by atoms with van der Waals surface area (Å²) >= 11 is 0. The van der Waals surface area contributed by atoms with Gasteiger partial charge in [-0.2, -0.15) is 23.3 Å². The largest absolute Gasteiger partial charge is 0.479 e. The number of piperidine rings is 2. The molecule has 14 nitrogen and oxygen atoms in total. The summed E-state index contributed by atoms with van der Waals surface area (Å²) < 4.78 is 81.6. The molecule has 58 heavy (non-hydrogen) atoms. The van der Waals surface area contributed by atoms with Crippen LogP contribution in [0.1, 0.15) is 84.7 Å². The molecule has 0 bridgehead atoms. The molecule has 3 aliphatic rings. The topological polar surface area (TPSA) is 158 Å². The van der Waals surface area contributed by atoms with Crippen molar-refractivity contribution < 1.29 is 41.1 Å². The molecule has 8 rings (SSSR count). The number of hydrogen-bond acceptors (Lipinski definition) is 9. The molecule has 1 aromatic carbocycles. The van der Waals surface area contributed by atoms with Crippen molar-refractivity contribution >= 4 is 45.5 Å². The summed E-state index contributed by atoms with van der Waals surface area (Å²) in [5.41, 5.74) is -0.588. The third kappa shape index (κ3) is 7.31. The van der Waals surface area contributed by atoms with E-state index in [9.17, 15) is 32.3 Å². The van der Waals surface area contributed by atoms with Crippen molar-refractivity contribution in [1.29, 1.82) is 0 Å². The first-order valence-electron chi connectivity index (χ1n) is 19.0. The van der Waals surface area contributed by atoms with Crippen molar-refractivity contribution in [2.24, 2.45) is 13.0 Å². The van der Waals surface area contributed by atoms with E-state index in [1.807, 2.05) is 9.58 Å². The third-order valence-electron chi connectivity index (χ3n) is 11.6. The Bertz CT molecular complexity index is 2490. The molecule has 3 amide bonds. The lowest BCUT2D eigenvalue weighted by molar-refractivity contribution is -0.141. The lowest BCUT2D eigenvalue weighted by Gasteiger charge is -2.41. The van der Waals surface area contributed by atoms with Crippen LogP contribution in [0.4, 0.5) is 27.8 Å². The molecule has 2 N–H and O–H groups in total. The van der Waals surface area contributed by atoms with E-state index in [-0.39, 0.29) is 42.9 Å². The van der Waals surface area contributed by atoms with Crippen LogP contribution in [-0.4, -0.2) is 84.2 Å². The van der Waals surface area contributed by atoms with Gasteiger partial charge in [0.05, 0.1) is 36.6 Å². The second-order valence-corrected chi connectivity index (χ2v) is 15.3. The average molecular weight is 810 g/mol. The number of anilines is 1. The number of carbonyl (C=O) groups excluding carboxylic acids is 3. The van der Waals surface area contributed by atoms with E-state index in [1.54, 1.807) is 30.5 Å². The Morgan fingerprint density at radius 3 is 2.48 bits per heavy atom. The summed E-state index contributed by atoms with van der Waals surface area (Å²) in [6.07, 6.45) is 0.522. The molecule has 6 heterocycles. The molecule has 2 atom stereocenters. The number of halogens is 5. The lowest BCUT2D eigenvalue weighted by Crippen LogP contribution is -2.49. The van der Waals surface area contributed by atoms with Crippen LogP contribution in [0.15, 0.2) is 53.5 Å². The van der Waals surface area contributed by atoms with Crippen LogP contribution in [-0.2, 0) is 22.8 Å². The number of ether oxygens (including phenoxy) is 1. The summed E-state index contributed by atoms with van der Waals surface area (Å²) in [5, 5.41) is 10.1. The number of amides is 3. The predicted octanol–water partition coefficient (Wildman–Crippen LogP) is 5.59. The standard InChI is InChI=1S/C39H40F5N9O5/c1-50-33-24(5-3-7-27(33)53(37(50)57)28-13-14-31(54)48-35(28)56)25-15-16-51(20-38(25,40)41)18-21-9-11-23(12-10-21)52-19-22-17-30(47-36(58-2)32(22)49-52)46-34(55)26-6-4-8-29(45-26)39(42,43)44/h3-8,17,19,21,23,25,28H,9-16,18,20H2,1-2H3,(H,46,55)(H,48,54,56)/t21-,23-,25?,28?. The van der Waals surface area contributed by atoms with Gasteiger partial charge in [0.25, 0.3) is 11.8 Å². The molecule has 0 spiro atoms. The Balaban J connectivity index is 0.910. The van der Waals surface area contributed by atoms with Crippen LogP contribution in [0.2, 0.25) is 0 Å². The van der Waals surface area contributed by atoms with Gasteiger partial charge in [-0.15, -0.1) is 0 Å². The highest BCUT2D eigenvalue weighted by molar-refractivity contribution is 6.03. The van der Waals surface area contributed by atoms with Gasteiger partial charge in [-0.1, -0.05) is 18.2 Å². The van der Waals surface area contributed by atoms with Gasteiger partial charge in [0.1, 0.15) is 23.2 Å². The Morgan fingerprint density at radius 1 is 1.02 bits per heavy atom. The Morgan fingerprint density at radius 2 is 1.78 bits per heavy atom. The monoisotopic (exact) mass is 809 g/mol. The summed E-state index contributed by atoms with van der Waals surface area (Å²) in [4.78, 5) is 60.2. The van der Waals surface area contributed by atoms with E-state index in [2.05, 4.69) is 20.6 Å². The molecule has 306 valence electrons. The molecule has 1 saturated carbocycles. The number of nitrogens with zero attached hydrogens (tertiary/aromatic N) is 7. The minimum Gasteiger partial charge on any atom is -0.479 e. The van der Waals surface area contributed by atoms with Crippen molar-refractivity contribution in [2.45, 2.75) is 75.0 Å². The molecule has 1 aliphatic carbocycles. The number of aromatic nitrogens is 6. The minimum atomic E-state index is -4.71. The second-order valence-electron chi connectivity index (χ2n) is 15.3. The summed E-state index contributed by atoms with van der Waals surface area (Å²) in [6.45, 7) is 0.514. The number of imidazole rings is 1. The number of fused-ring (bicyclic) bond motifs is 2. The van der Waals surface area contributed by atoms with Crippen LogP contribution in [0.5, 0.6) is 5.88 Å². The van der Waals surface area contributed by atoms with E-state index in [0.29, 0.717) is 40.6 Å². The van der Waals surface area contributed by atoms with Crippen LogP contribution < -0.4 is 21.1 Å². The highest BCUT2D eigenvalue weighted by Gasteiger charge is 2.47.